The van der Waals surface area contributed by atoms with E-state index in [9.17, 15) is 13.2 Å². The van der Waals surface area contributed by atoms with E-state index in [2.05, 4.69) is 24.1 Å². The molecule has 0 saturated carbocycles. The Labute approximate surface area is 91.7 Å². The van der Waals surface area contributed by atoms with Gasteiger partial charge in [-0.2, -0.15) is 13.2 Å². The summed E-state index contributed by atoms with van der Waals surface area (Å²) < 4.78 is 31.2. The standard InChI is InChI=1S/C8H12N2.C2HF3O/c1-7(2)10-8-3-5-9-6-4-8;3-2(4,5)1-6/h3-7H,1-2H3,(H,9,10);1H. The number of aromatic nitrogens is 1. The summed E-state index contributed by atoms with van der Waals surface area (Å²) in [5.74, 6) is 0. The van der Waals surface area contributed by atoms with E-state index < -0.39 is 12.5 Å². The van der Waals surface area contributed by atoms with Gasteiger partial charge in [0.15, 0.2) is 0 Å². The molecule has 0 bridgehead atoms. The van der Waals surface area contributed by atoms with E-state index >= 15 is 0 Å². The summed E-state index contributed by atoms with van der Waals surface area (Å²) >= 11 is 0. The molecule has 0 unspecified atom stereocenters. The van der Waals surface area contributed by atoms with Gasteiger partial charge in [0.2, 0.25) is 6.29 Å². The molecule has 1 aromatic rings. The highest BCUT2D eigenvalue weighted by Gasteiger charge is 2.24. The highest BCUT2D eigenvalue weighted by atomic mass is 19.4. The number of carbonyl (C=O) groups excluding carboxylic acids is 1. The van der Waals surface area contributed by atoms with Gasteiger partial charge in [-0.3, -0.25) is 9.78 Å². The predicted octanol–water partition coefficient (Wildman–Crippen LogP) is 2.65. The number of nitrogens with zero attached hydrogens (tertiary/aromatic N) is 1. The van der Waals surface area contributed by atoms with Crippen LogP contribution in [0.5, 0.6) is 0 Å². The van der Waals surface area contributed by atoms with E-state index in [1.807, 2.05) is 12.1 Å². The summed E-state index contributed by atoms with van der Waals surface area (Å²) in [5.41, 5.74) is 1.13. The van der Waals surface area contributed by atoms with Crippen molar-refractivity contribution in [3.63, 3.8) is 0 Å². The zero-order valence-electron chi connectivity index (χ0n) is 8.95. The first-order valence-corrected chi connectivity index (χ1v) is 4.55. The topological polar surface area (TPSA) is 42.0 Å². The SMILES string of the molecule is CC(C)Nc1ccncc1.O=CC(F)(F)F. The van der Waals surface area contributed by atoms with Crippen molar-refractivity contribution < 1.29 is 18.0 Å². The fraction of sp³-hybridized carbons (Fsp3) is 0.400. The molecule has 16 heavy (non-hydrogen) atoms. The van der Waals surface area contributed by atoms with Gasteiger partial charge in [-0.25, -0.2) is 0 Å². The lowest BCUT2D eigenvalue weighted by atomic mass is 10.3. The number of nitrogens with one attached hydrogen (secondary N) is 1. The van der Waals surface area contributed by atoms with Crippen LogP contribution < -0.4 is 5.32 Å². The van der Waals surface area contributed by atoms with E-state index in [0.29, 0.717) is 6.04 Å². The molecule has 90 valence electrons. The number of halogens is 3. The summed E-state index contributed by atoms with van der Waals surface area (Å²) in [5, 5.41) is 3.26. The van der Waals surface area contributed by atoms with Gasteiger partial charge in [-0.05, 0) is 26.0 Å². The van der Waals surface area contributed by atoms with Crippen molar-refractivity contribution in [2.75, 3.05) is 5.32 Å². The van der Waals surface area contributed by atoms with Crippen LogP contribution in [0, 0.1) is 0 Å². The largest absolute Gasteiger partial charge is 0.446 e. The molecular weight excluding hydrogens is 221 g/mol. The van der Waals surface area contributed by atoms with E-state index in [-0.39, 0.29) is 0 Å². The molecule has 0 amide bonds. The van der Waals surface area contributed by atoms with Crippen molar-refractivity contribution in [1.29, 1.82) is 0 Å². The van der Waals surface area contributed by atoms with Crippen molar-refractivity contribution in [2.24, 2.45) is 0 Å². The van der Waals surface area contributed by atoms with Crippen LogP contribution in [-0.4, -0.2) is 23.5 Å². The number of alkyl halides is 3. The minimum Gasteiger partial charge on any atom is -0.383 e. The number of rotatable bonds is 2. The lowest BCUT2D eigenvalue weighted by Gasteiger charge is -2.07. The number of pyridine rings is 1. The van der Waals surface area contributed by atoms with E-state index in [0.717, 1.165) is 5.69 Å². The van der Waals surface area contributed by atoms with Gasteiger partial charge in [0, 0.05) is 24.1 Å². The van der Waals surface area contributed by atoms with Gasteiger partial charge in [-0.1, -0.05) is 0 Å². The predicted molar refractivity (Wildman–Crippen MR) is 55.1 cm³/mol. The molecule has 0 aliphatic heterocycles. The van der Waals surface area contributed by atoms with Crippen LogP contribution >= 0.6 is 0 Å². The molecule has 3 nitrogen and oxygen atoms in total. The molecule has 0 aliphatic rings. The summed E-state index contributed by atoms with van der Waals surface area (Å²) in [4.78, 5) is 12.6. The molecule has 0 saturated heterocycles. The summed E-state index contributed by atoms with van der Waals surface area (Å²) in [6.07, 6.45) is -2.14. The Morgan fingerprint density at radius 1 is 1.31 bits per heavy atom. The van der Waals surface area contributed by atoms with Crippen molar-refractivity contribution in [2.45, 2.75) is 26.1 Å². The highest BCUT2D eigenvalue weighted by Crippen LogP contribution is 2.08. The molecule has 0 aliphatic carbocycles. The fourth-order valence-corrected chi connectivity index (χ4v) is 0.781. The number of hydrogen-bond donors (Lipinski definition) is 1. The molecular formula is C10H13F3N2O. The molecule has 0 fully saturated rings. The van der Waals surface area contributed by atoms with Gasteiger partial charge >= 0.3 is 6.18 Å². The third kappa shape index (κ3) is 8.98. The van der Waals surface area contributed by atoms with E-state index in [1.54, 1.807) is 12.4 Å². The van der Waals surface area contributed by atoms with Crippen molar-refractivity contribution in [3.05, 3.63) is 24.5 Å². The average Bonchev–Trinajstić information content (AvgIpc) is 2.18. The molecule has 1 N–H and O–H groups in total. The minimum absolute atomic E-state index is 0.488. The van der Waals surface area contributed by atoms with Crippen molar-refractivity contribution in [1.82, 2.24) is 4.98 Å². The Bertz CT molecular complexity index is 299. The van der Waals surface area contributed by atoms with Crippen LogP contribution in [0.1, 0.15) is 13.8 Å². The number of hydrogen-bond acceptors (Lipinski definition) is 3. The van der Waals surface area contributed by atoms with E-state index in [1.165, 1.54) is 0 Å². The second kappa shape index (κ2) is 6.81. The normalized spacial score (nSPS) is 10.4. The van der Waals surface area contributed by atoms with Gasteiger partial charge < -0.3 is 5.32 Å². The first kappa shape index (κ1) is 14.4. The van der Waals surface area contributed by atoms with Gasteiger partial charge in [0.25, 0.3) is 0 Å². The summed E-state index contributed by atoms with van der Waals surface area (Å²) in [6, 6.07) is 4.40. The average molecular weight is 234 g/mol. The van der Waals surface area contributed by atoms with Crippen molar-refractivity contribution >= 4 is 12.0 Å². The first-order valence-electron chi connectivity index (χ1n) is 4.55. The zero-order chi connectivity index (χ0) is 12.6. The Balaban J connectivity index is 0.000000325. The van der Waals surface area contributed by atoms with Gasteiger partial charge in [-0.15, -0.1) is 0 Å². The van der Waals surface area contributed by atoms with Crippen LogP contribution in [0.4, 0.5) is 18.9 Å². The molecule has 0 radical (unpaired) electrons. The first-order chi connectivity index (χ1) is 7.35. The fourth-order valence-electron chi connectivity index (χ4n) is 0.781. The molecule has 0 aromatic carbocycles. The number of aldehydes is 1. The Morgan fingerprint density at radius 2 is 1.75 bits per heavy atom. The van der Waals surface area contributed by atoms with Crippen LogP contribution in [0.3, 0.4) is 0 Å². The molecule has 0 spiro atoms. The second-order valence-corrected chi connectivity index (χ2v) is 3.19. The van der Waals surface area contributed by atoms with E-state index in [4.69, 9.17) is 4.79 Å². The van der Waals surface area contributed by atoms with Crippen LogP contribution in [0.2, 0.25) is 0 Å². The number of anilines is 1. The lowest BCUT2D eigenvalue weighted by molar-refractivity contribution is -0.156. The maximum absolute atomic E-state index is 10.4. The minimum atomic E-state index is -4.64. The quantitative estimate of drug-likeness (QED) is 0.800. The monoisotopic (exact) mass is 234 g/mol. The third-order valence-corrected chi connectivity index (χ3v) is 1.27. The molecule has 0 atom stereocenters. The third-order valence-electron chi connectivity index (χ3n) is 1.27. The Morgan fingerprint density at radius 3 is 2.06 bits per heavy atom. The summed E-state index contributed by atoms with van der Waals surface area (Å²) in [6.45, 7) is 4.22. The van der Waals surface area contributed by atoms with Crippen LogP contribution in [0.15, 0.2) is 24.5 Å². The molecule has 1 rings (SSSR count). The summed E-state index contributed by atoms with van der Waals surface area (Å²) in [7, 11) is 0. The second-order valence-electron chi connectivity index (χ2n) is 3.19. The Hall–Kier alpha value is -1.59. The maximum Gasteiger partial charge on any atom is 0.446 e. The van der Waals surface area contributed by atoms with Gasteiger partial charge in [0.1, 0.15) is 0 Å². The van der Waals surface area contributed by atoms with Crippen LogP contribution in [0.25, 0.3) is 0 Å². The highest BCUT2D eigenvalue weighted by molar-refractivity contribution is 5.56. The molecule has 1 heterocycles. The number of carbonyl (C=O) groups is 1. The maximum atomic E-state index is 10.4. The van der Waals surface area contributed by atoms with Crippen LogP contribution in [-0.2, 0) is 4.79 Å². The molecule has 6 heteroatoms. The van der Waals surface area contributed by atoms with Gasteiger partial charge in [0.05, 0.1) is 0 Å². The smallest absolute Gasteiger partial charge is 0.383 e. The van der Waals surface area contributed by atoms with Crippen molar-refractivity contribution in [3.8, 4) is 0 Å². The lowest BCUT2D eigenvalue weighted by Crippen LogP contribution is -2.09. The molecule has 1 aromatic heterocycles. The Kier molecular flexibility index (Phi) is 6.14. The zero-order valence-corrected chi connectivity index (χ0v) is 8.95.